The summed E-state index contributed by atoms with van der Waals surface area (Å²) in [6.45, 7) is 5.72. The van der Waals surface area contributed by atoms with Crippen LogP contribution >= 0.6 is 11.8 Å². The minimum atomic E-state index is -1.59. The van der Waals surface area contributed by atoms with E-state index in [1.807, 2.05) is 6.08 Å². The molecule has 0 spiro atoms. The molecular formula is C48H65N3O9S. The number of carbonyl (C=O) groups excluding carboxylic acids is 4. The predicted octanol–water partition coefficient (Wildman–Crippen LogP) is 4.05. The van der Waals surface area contributed by atoms with Gasteiger partial charge in [-0.25, -0.2) is 0 Å². The zero-order chi connectivity index (χ0) is 43.5. The lowest BCUT2D eigenvalue weighted by molar-refractivity contribution is -0.267. The molecule has 5 aliphatic carbocycles. The van der Waals surface area contributed by atoms with E-state index in [4.69, 9.17) is 4.74 Å². The summed E-state index contributed by atoms with van der Waals surface area (Å²) in [5.41, 5.74) is 2.20. The van der Waals surface area contributed by atoms with Crippen LogP contribution in [0.3, 0.4) is 0 Å². The highest BCUT2D eigenvalue weighted by Gasteiger charge is 2.78. The summed E-state index contributed by atoms with van der Waals surface area (Å²) in [5.74, 6) is 7.32. The first-order valence-corrected chi connectivity index (χ1v) is 23.6. The lowest BCUT2D eigenvalue weighted by atomic mass is 9.44. The highest BCUT2D eigenvalue weighted by molar-refractivity contribution is 8.00. The molecule has 1 saturated heterocycles. The van der Waals surface area contributed by atoms with E-state index in [0.29, 0.717) is 29.4 Å². The molecule has 10 atom stereocenters. The maximum absolute atomic E-state index is 14.1. The molecule has 61 heavy (non-hydrogen) atoms. The fourth-order valence-electron chi connectivity index (χ4n) is 12.6. The number of thioether (sulfide) groups is 1. The number of aliphatic hydroxyl groups is 4. The van der Waals surface area contributed by atoms with Gasteiger partial charge in [-0.3, -0.25) is 24.5 Å². The van der Waals surface area contributed by atoms with Crippen LogP contribution in [0.5, 0.6) is 0 Å². The third kappa shape index (κ3) is 9.06. The van der Waals surface area contributed by atoms with Gasteiger partial charge in [-0.2, -0.15) is 0 Å². The van der Waals surface area contributed by atoms with Crippen molar-refractivity contribution in [2.75, 3.05) is 24.7 Å². The molecule has 1 heterocycles. The van der Waals surface area contributed by atoms with Gasteiger partial charge in [0.2, 0.25) is 11.8 Å². The molecule has 5 fully saturated rings. The molecule has 13 heteroatoms. The van der Waals surface area contributed by atoms with Crippen molar-refractivity contribution in [2.24, 2.45) is 39.9 Å². The molecule has 6 aliphatic rings. The van der Waals surface area contributed by atoms with E-state index in [1.165, 1.54) is 22.9 Å². The molecule has 0 bridgehead atoms. The van der Waals surface area contributed by atoms with Crippen LogP contribution in [0.15, 0.2) is 48.1 Å². The zero-order valence-corrected chi connectivity index (χ0v) is 36.7. The van der Waals surface area contributed by atoms with Gasteiger partial charge >= 0.3 is 0 Å². The average Bonchev–Trinajstić information content (AvgIpc) is 3.43. The van der Waals surface area contributed by atoms with Crippen molar-refractivity contribution in [1.29, 1.82) is 0 Å². The minimum absolute atomic E-state index is 0.0523. The maximum Gasteiger partial charge on any atom is 0.237 e. The Labute approximate surface area is 364 Å². The largest absolute Gasteiger partial charge is 0.389 e. The molecule has 2 amide bonds. The van der Waals surface area contributed by atoms with Gasteiger partial charge in [0.1, 0.15) is 12.8 Å². The first-order valence-electron chi connectivity index (χ1n) is 22.4. The highest BCUT2D eigenvalue weighted by Crippen LogP contribution is 2.77. The third-order valence-electron chi connectivity index (χ3n) is 15.7. The second-order valence-corrected chi connectivity index (χ2v) is 19.9. The Morgan fingerprint density at radius 2 is 1.75 bits per heavy atom. The van der Waals surface area contributed by atoms with Crippen molar-refractivity contribution in [3.05, 3.63) is 59.2 Å². The van der Waals surface area contributed by atoms with Gasteiger partial charge in [0.15, 0.2) is 17.9 Å². The number of hydrogen-bond acceptors (Lipinski definition) is 11. The van der Waals surface area contributed by atoms with Crippen LogP contribution in [-0.2, 0) is 30.3 Å². The van der Waals surface area contributed by atoms with Crippen molar-refractivity contribution >= 4 is 35.1 Å². The van der Waals surface area contributed by atoms with Gasteiger partial charge in [-0.05, 0) is 136 Å². The normalized spacial score (nSPS) is 34.6. The average molecular weight is 860 g/mol. The maximum atomic E-state index is 14.1. The van der Waals surface area contributed by atoms with Gasteiger partial charge in [-0.15, -0.1) is 17.7 Å². The number of carbonyl (C=O) groups is 4. The van der Waals surface area contributed by atoms with Crippen molar-refractivity contribution in [2.45, 2.75) is 135 Å². The fraction of sp³-hybridized carbons (Fsp3) is 0.667. The van der Waals surface area contributed by atoms with Crippen LogP contribution in [-0.4, -0.2) is 99.2 Å². The Bertz CT molecular complexity index is 1920. The van der Waals surface area contributed by atoms with Crippen LogP contribution in [0.2, 0.25) is 0 Å². The smallest absolute Gasteiger partial charge is 0.237 e. The third-order valence-corrected chi connectivity index (χ3v) is 16.5. The van der Waals surface area contributed by atoms with Gasteiger partial charge in [0.05, 0.1) is 41.7 Å². The van der Waals surface area contributed by atoms with Gasteiger partial charge < -0.3 is 35.8 Å². The molecule has 7 rings (SSSR count). The Balaban J connectivity index is 0.926. The predicted molar refractivity (Wildman–Crippen MR) is 232 cm³/mol. The van der Waals surface area contributed by atoms with Gasteiger partial charge in [-0.1, -0.05) is 55.7 Å². The first kappa shape index (κ1) is 45.7. The monoisotopic (exact) mass is 859 g/mol. The SMILES string of the molecule is CC#CCSCC(=O)NCC(O)N[C@@H](CCC(O)O)C(=O)NC1CCC(Cc2ccc(C3O[C@@H]4C[C@H]5C6CCC7=CC(=O)C=CC7(C)[C@H]6CCC5(C)[C@]34C(=O)CO)cc2)CC1. The number of ether oxygens (including phenoxy) is 1. The van der Waals surface area contributed by atoms with Crippen LogP contribution < -0.4 is 16.0 Å². The molecule has 12 nitrogen and oxygen atoms in total. The number of amides is 2. The lowest BCUT2D eigenvalue weighted by Crippen LogP contribution is -2.65. The summed E-state index contributed by atoms with van der Waals surface area (Å²) in [6.07, 6.45) is 11.2. The molecule has 1 aliphatic heterocycles. The molecular weight excluding hydrogens is 795 g/mol. The topological polar surface area (TPSA) is 195 Å². The van der Waals surface area contributed by atoms with E-state index in [-0.39, 0.29) is 71.5 Å². The van der Waals surface area contributed by atoms with Crippen LogP contribution in [0.25, 0.3) is 0 Å². The number of nitrogens with one attached hydrogen (secondary N) is 3. The lowest BCUT2D eigenvalue weighted by Gasteiger charge is -2.62. The summed E-state index contributed by atoms with van der Waals surface area (Å²) in [7, 11) is 0. The zero-order valence-electron chi connectivity index (χ0n) is 35.9. The second kappa shape index (κ2) is 19.2. The Morgan fingerprint density at radius 1 is 1.00 bits per heavy atom. The molecule has 1 aromatic rings. The summed E-state index contributed by atoms with van der Waals surface area (Å²) in [6, 6.07) is 7.58. The van der Waals surface area contributed by atoms with Crippen molar-refractivity contribution in [1.82, 2.24) is 16.0 Å². The van der Waals surface area contributed by atoms with Crippen molar-refractivity contribution in [3.63, 3.8) is 0 Å². The first-order chi connectivity index (χ1) is 29.2. The summed E-state index contributed by atoms with van der Waals surface area (Å²) in [4.78, 5) is 51.9. The van der Waals surface area contributed by atoms with E-state index < -0.39 is 36.7 Å². The highest BCUT2D eigenvalue weighted by atomic mass is 32.2. The fourth-order valence-corrected chi connectivity index (χ4v) is 13.2. The number of benzene rings is 1. The number of fused-ring (bicyclic) bond motifs is 7. The number of rotatable bonds is 17. The van der Waals surface area contributed by atoms with Crippen molar-refractivity contribution in [3.8, 4) is 11.8 Å². The van der Waals surface area contributed by atoms with Gasteiger partial charge in [0, 0.05) is 11.5 Å². The molecule has 5 unspecified atom stereocenters. The van der Waals surface area contributed by atoms with E-state index in [2.05, 4.69) is 72.0 Å². The molecule has 7 N–H and O–H groups in total. The number of aliphatic hydroxyl groups excluding tert-OH is 3. The quantitative estimate of drug-likeness (QED) is 0.0679. The second-order valence-electron chi connectivity index (χ2n) is 18.9. The molecule has 0 radical (unpaired) electrons. The standard InChI is InChI=1S/C48H65N3O9S/c1-4-5-22-61-28-42(56)49-26-41(55)51-38(16-17-43(57)58)45(59)50-33-13-8-30(9-14-33)23-29-6-10-31(11-7-29)44-48(39(54)27-52)40(60-44)25-37-35-15-12-32-24-34(53)18-20-46(32,2)36(35)19-21-47(37,48)3/h6-7,10-11,18,20,24,30,33,35-38,40-41,43-44,51-52,55,57-58H,8-9,12-17,19,21-23,25-28H2,1-3H3,(H,49,56)(H,50,59)/t30?,33?,35?,36-,37-,38-,40+,41?,44?,46?,47?,48-/m0/s1. The summed E-state index contributed by atoms with van der Waals surface area (Å²) in [5, 5.41) is 48.6. The number of Topliss-reactive ketones (excluding diaryl/α,β-unsaturated/α-hetero) is 1. The Kier molecular flexibility index (Phi) is 14.4. The van der Waals surface area contributed by atoms with Crippen LogP contribution in [0.4, 0.5) is 0 Å². The Morgan fingerprint density at radius 3 is 2.46 bits per heavy atom. The number of allylic oxidation sites excluding steroid dienone is 4. The minimum Gasteiger partial charge on any atom is -0.389 e. The number of hydrogen-bond donors (Lipinski definition) is 7. The summed E-state index contributed by atoms with van der Waals surface area (Å²) < 4.78 is 6.70. The molecule has 0 aromatic heterocycles. The molecule has 332 valence electrons. The molecule has 1 aromatic carbocycles. The van der Waals surface area contributed by atoms with E-state index in [0.717, 1.165) is 69.8 Å². The van der Waals surface area contributed by atoms with Crippen molar-refractivity contribution < 1.29 is 44.3 Å². The molecule has 4 saturated carbocycles. The van der Waals surface area contributed by atoms with E-state index in [1.54, 1.807) is 13.0 Å². The van der Waals surface area contributed by atoms with Crippen LogP contribution in [0, 0.1) is 51.8 Å². The Hall–Kier alpha value is -3.35. The van der Waals surface area contributed by atoms with Gasteiger partial charge in [0.25, 0.3) is 0 Å². The summed E-state index contributed by atoms with van der Waals surface area (Å²) >= 11 is 1.37. The van der Waals surface area contributed by atoms with Crippen LogP contribution in [0.1, 0.15) is 109 Å². The van der Waals surface area contributed by atoms with E-state index >= 15 is 0 Å². The number of ketones is 2. The van der Waals surface area contributed by atoms with E-state index in [9.17, 15) is 39.6 Å².